The predicted octanol–water partition coefficient (Wildman–Crippen LogP) is 2.56. The number of hydrogen-bond donors (Lipinski definition) is 1. The summed E-state index contributed by atoms with van der Waals surface area (Å²) in [4.78, 5) is 6.60. The van der Waals surface area contributed by atoms with Crippen LogP contribution >= 0.6 is 35.7 Å². The van der Waals surface area contributed by atoms with Gasteiger partial charge in [0.25, 0.3) is 0 Å². The zero-order valence-corrected chi connectivity index (χ0v) is 17.7. The van der Waals surface area contributed by atoms with Crippen molar-refractivity contribution < 1.29 is 4.74 Å². The van der Waals surface area contributed by atoms with Crippen LogP contribution in [0.15, 0.2) is 23.3 Å². The van der Waals surface area contributed by atoms with E-state index in [9.17, 15) is 0 Å². The molecule has 0 aliphatic carbocycles. The van der Waals surface area contributed by atoms with Gasteiger partial charge < -0.3 is 19.5 Å². The van der Waals surface area contributed by atoms with E-state index in [1.54, 1.807) is 0 Å². The van der Waals surface area contributed by atoms with Gasteiger partial charge in [-0.25, -0.2) is 0 Å². The Morgan fingerprint density at radius 3 is 2.70 bits per heavy atom. The summed E-state index contributed by atoms with van der Waals surface area (Å²) in [6.07, 6.45) is 6.47. The molecule has 1 saturated heterocycles. The standard InChI is InChI=1S/C16H28N4OS.HI/c1-17-15(20(3)12-14-6-5-9-19(14)2)18-13-16(22-4)7-10-21-11-8-16;/h5-6,9H,7-8,10-13H2,1-4H3,(H,17,18);1H. The van der Waals surface area contributed by atoms with Gasteiger partial charge in [0.15, 0.2) is 5.96 Å². The SMILES string of the molecule is CN=C(NCC1(SC)CCOCC1)N(C)Cc1cccn1C.I. The van der Waals surface area contributed by atoms with Crippen LogP contribution in [0.25, 0.3) is 0 Å². The number of nitrogens with one attached hydrogen (secondary N) is 1. The molecule has 23 heavy (non-hydrogen) atoms. The number of guanidine groups is 1. The van der Waals surface area contributed by atoms with Crippen LogP contribution in [0.2, 0.25) is 0 Å². The van der Waals surface area contributed by atoms with Crippen LogP contribution in [0.4, 0.5) is 0 Å². The summed E-state index contributed by atoms with van der Waals surface area (Å²) in [5.74, 6) is 0.945. The molecule has 1 aliphatic heterocycles. The van der Waals surface area contributed by atoms with Gasteiger partial charge in [-0.3, -0.25) is 4.99 Å². The van der Waals surface area contributed by atoms with Gasteiger partial charge >= 0.3 is 0 Å². The molecule has 2 heterocycles. The van der Waals surface area contributed by atoms with Crippen molar-refractivity contribution in [2.75, 3.05) is 40.1 Å². The van der Waals surface area contributed by atoms with Crippen molar-refractivity contribution in [3.05, 3.63) is 24.0 Å². The lowest BCUT2D eigenvalue weighted by molar-refractivity contribution is 0.0781. The average molecular weight is 452 g/mol. The number of halogens is 1. The van der Waals surface area contributed by atoms with E-state index in [4.69, 9.17) is 4.74 Å². The second-order valence-corrected chi connectivity index (χ2v) is 7.14. The van der Waals surface area contributed by atoms with Crippen molar-refractivity contribution >= 4 is 41.7 Å². The monoisotopic (exact) mass is 452 g/mol. The molecule has 1 aliphatic rings. The smallest absolute Gasteiger partial charge is 0.193 e. The first-order valence-electron chi connectivity index (χ1n) is 7.75. The van der Waals surface area contributed by atoms with Crippen molar-refractivity contribution in [1.29, 1.82) is 0 Å². The zero-order valence-electron chi connectivity index (χ0n) is 14.5. The predicted molar refractivity (Wildman–Crippen MR) is 110 cm³/mol. The minimum Gasteiger partial charge on any atom is -0.381 e. The van der Waals surface area contributed by atoms with E-state index in [0.29, 0.717) is 0 Å². The van der Waals surface area contributed by atoms with Gasteiger partial charge in [0.2, 0.25) is 0 Å². The lowest BCUT2D eigenvalue weighted by atomic mass is 9.99. The molecule has 0 saturated carbocycles. The number of thioether (sulfide) groups is 1. The molecule has 0 atom stereocenters. The fourth-order valence-corrected chi connectivity index (χ4v) is 3.59. The number of hydrogen-bond acceptors (Lipinski definition) is 3. The largest absolute Gasteiger partial charge is 0.381 e. The summed E-state index contributed by atoms with van der Waals surface area (Å²) in [6, 6.07) is 4.22. The van der Waals surface area contributed by atoms with E-state index >= 15 is 0 Å². The minimum atomic E-state index is 0. The van der Waals surface area contributed by atoms with E-state index in [-0.39, 0.29) is 28.7 Å². The van der Waals surface area contributed by atoms with Gasteiger partial charge in [-0.15, -0.1) is 24.0 Å². The molecule has 1 aromatic heterocycles. The van der Waals surface area contributed by atoms with Crippen LogP contribution in [-0.4, -0.2) is 60.3 Å². The molecule has 2 rings (SSSR count). The van der Waals surface area contributed by atoms with Crippen molar-refractivity contribution in [2.24, 2.45) is 12.0 Å². The molecule has 1 fully saturated rings. The fourth-order valence-electron chi connectivity index (χ4n) is 2.80. The fraction of sp³-hybridized carbons (Fsp3) is 0.688. The maximum absolute atomic E-state index is 5.51. The molecule has 0 bridgehead atoms. The van der Waals surface area contributed by atoms with Crippen LogP contribution in [0, 0.1) is 0 Å². The summed E-state index contributed by atoms with van der Waals surface area (Å²) in [5.41, 5.74) is 1.27. The Balaban J connectivity index is 0.00000264. The highest BCUT2D eigenvalue weighted by molar-refractivity contribution is 14.0. The highest BCUT2D eigenvalue weighted by atomic mass is 127. The first-order valence-corrected chi connectivity index (χ1v) is 8.97. The summed E-state index contributed by atoms with van der Waals surface area (Å²) in [5, 5.41) is 3.55. The molecule has 0 unspecified atom stereocenters. The quantitative estimate of drug-likeness (QED) is 0.424. The number of nitrogens with zero attached hydrogens (tertiary/aromatic N) is 3. The van der Waals surface area contributed by atoms with Crippen molar-refractivity contribution in [3.63, 3.8) is 0 Å². The van der Waals surface area contributed by atoms with Gasteiger partial charge in [-0.05, 0) is 31.2 Å². The Kier molecular flexibility index (Phi) is 8.78. The Morgan fingerprint density at radius 2 is 2.17 bits per heavy atom. The summed E-state index contributed by atoms with van der Waals surface area (Å²) in [7, 11) is 6.00. The van der Waals surface area contributed by atoms with Gasteiger partial charge in [0, 0.05) is 57.5 Å². The lowest BCUT2D eigenvalue weighted by Gasteiger charge is -2.36. The second-order valence-electron chi connectivity index (χ2n) is 5.87. The molecule has 5 nitrogen and oxygen atoms in total. The van der Waals surface area contributed by atoms with Crippen LogP contribution in [0.5, 0.6) is 0 Å². The van der Waals surface area contributed by atoms with Crippen molar-refractivity contribution in [3.8, 4) is 0 Å². The van der Waals surface area contributed by atoms with Crippen LogP contribution in [-0.2, 0) is 18.3 Å². The van der Waals surface area contributed by atoms with E-state index in [1.165, 1.54) is 5.69 Å². The Hall–Kier alpha value is -0.410. The topological polar surface area (TPSA) is 41.8 Å². The molecular weight excluding hydrogens is 423 g/mol. The summed E-state index contributed by atoms with van der Waals surface area (Å²) < 4.78 is 7.91. The first kappa shape index (κ1) is 20.6. The Morgan fingerprint density at radius 1 is 1.48 bits per heavy atom. The summed E-state index contributed by atoms with van der Waals surface area (Å²) >= 11 is 1.95. The van der Waals surface area contributed by atoms with Crippen LogP contribution in [0.1, 0.15) is 18.5 Å². The first-order chi connectivity index (χ1) is 10.6. The number of rotatable bonds is 5. The maximum atomic E-state index is 5.51. The third kappa shape index (κ3) is 5.56. The van der Waals surface area contributed by atoms with Crippen molar-refractivity contribution in [2.45, 2.75) is 24.1 Å². The molecule has 1 aromatic rings. The highest BCUT2D eigenvalue weighted by Crippen LogP contribution is 2.33. The molecule has 0 radical (unpaired) electrons. The zero-order chi connectivity index (χ0) is 16.0. The van der Waals surface area contributed by atoms with E-state index < -0.39 is 0 Å². The molecule has 1 N–H and O–H groups in total. The average Bonchev–Trinajstić information content (AvgIpc) is 2.94. The molecule has 132 valence electrons. The normalized spacial score (nSPS) is 17.5. The van der Waals surface area contributed by atoms with Crippen molar-refractivity contribution in [1.82, 2.24) is 14.8 Å². The minimum absolute atomic E-state index is 0. The lowest BCUT2D eigenvalue weighted by Crippen LogP contribution is -2.48. The number of aromatic nitrogens is 1. The molecule has 7 heteroatoms. The molecule has 0 aromatic carbocycles. The van der Waals surface area contributed by atoms with E-state index in [0.717, 1.165) is 45.1 Å². The number of aliphatic imine (C=N–C) groups is 1. The second kappa shape index (κ2) is 9.78. The van der Waals surface area contributed by atoms with Gasteiger partial charge in [0.1, 0.15) is 0 Å². The number of ether oxygens (including phenoxy) is 1. The molecular formula is C16H29IN4OS. The van der Waals surface area contributed by atoms with Crippen LogP contribution < -0.4 is 5.32 Å². The van der Waals surface area contributed by atoms with Gasteiger partial charge in [0.05, 0.1) is 6.54 Å². The van der Waals surface area contributed by atoms with Gasteiger partial charge in [-0.1, -0.05) is 0 Å². The third-order valence-electron chi connectivity index (χ3n) is 4.43. The Labute approximate surface area is 161 Å². The molecule has 0 spiro atoms. The van der Waals surface area contributed by atoms with E-state index in [2.05, 4.69) is 58.5 Å². The van der Waals surface area contributed by atoms with Gasteiger partial charge in [-0.2, -0.15) is 11.8 Å². The summed E-state index contributed by atoms with van der Waals surface area (Å²) in [6.45, 7) is 3.50. The maximum Gasteiger partial charge on any atom is 0.193 e. The number of aryl methyl sites for hydroxylation is 1. The highest BCUT2D eigenvalue weighted by Gasteiger charge is 2.32. The van der Waals surface area contributed by atoms with Crippen LogP contribution in [0.3, 0.4) is 0 Å². The Bertz CT molecular complexity index is 500. The molecule has 0 amide bonds. The van der Waals surface area contributed by atoms with E-state index in [1.807, 2.05) is 18.8 Å². The third-order valence-corrected chi connectivity index (χ3v) is 5.85.